The van der Waals surface area contributed by atoms with Crippen LogP contribution in [0.15, 0.2) is 48.8 Å². The number of benzene rings is 1. The van der Waals surface area contributed by atoms with E-state index >= 15 is 0 Å². The van der Waals surface area contributed by atoms with Crippen molar-refractivity contribution in [3.05, 3.63) is 59.9 Å². The molecule has 0 N–H and O–H groups in total. The van der Waals surface area contributed by atoms with E-state index in [9.17, 15) is 4.79 Å². The Labute approximate surface area is 176 Å². The van der Waals surface area contributed by atoms with Gasteiger partial charge in [0.1, 0.15) is 0 Å². The summed E-state index contributed by atoms with van der Waals surface area (Å²) in [5.74, 6) is 1.73. The van der Waals surface area contributed by atoms with Crippen LogP contribution in [-0.2, 0) is 11.2 Å². The predicted molar refractivity (Wildman–Crippen MR) is 116 cm³/mol. The standard InChI is InChI=1S/C23H26N6O/c1-17-7-8-20-18(15-17)5-3-13-28(20)23(30)19-6-2-12-27(16-19)21-9-10-22(26-25-21)29-14-4-11-24-29/h4,7-11,14-15,19H,2-3,5-6,12-13,16H2,1H3/t19-/m1/s1. The molecule has 1 amide bonds. The highest BCUT2D eigenvalue weighted by Crippen LogP contribution is 2.31. The van der Waals surface area contributed by atoms with E-state index in [1.165, 1.54) is 11.1 Å². The van der Waals surface area contributed by atoms with Crippen molar-refractivity contribution in [1.29, 1.82) is 0 Å². The summed E-state index contributed by atoms with van der Waals surface area (Å²) in [5.41, 5.74) is 3.64. The van der Waals surface area contributed by atoms with Crippen molar-refractivity contribution in [2.24, 2.45) is 5.92 Å². The zero-order chi connectivity index (χ0) is 20.5. The minimum Gasteiger partial charge on any atom is -0.354 e. The Hall–Kier alpha value is -3.22. The number of hydrogen-bond donors (Lipinski definition) is 0. The fourth-order valence-electron chi connectivity index (χ4n) is 4.58. The zero-order valence-corrected chi connectivity index (χ0v) is 17.2. The maximum Gasteiger partial charge on any atom is 0.231 e. The van der Waals surface area contributed by atoms with Crippen LogP contribution in [-0.4, -0.2) is 45.5 Å². The molecule has 3 aromatic rings. The second kappa shape index (κ2) is 7.89. The summed E-state index contributed by atoms with van der Waals surface area (Å²) < 4.78 is 1.69. The zero-order valence-electron chi connectivity index (χ0n) is 17.2. The average molecular weight is 403 g/mol. The SMILES string of the molecule is Cc1ccc2c(c1)CCCN2C(=O)[C@@H]1CCCN(c2ccc(-n3cccn3)nn2)C1. The molecule has 7 heteroatoms. The van der Waals surface area contributed by atoms with E-state index in [0.717, 1.165) is 50.3 Å². The summed E-state index contributed by atoms with van der Waals surface area (Å²) in [6.45, 7) is 4.50. The number of nitrogens with zero attached hydrogens (tertiary/aromatic N) is 6. The van der Waals surface area contributed by atoms with Crippen molar-refractivity contribution in [2.75, 3.05) is 29.4 Å². The highest BCUT2D eigenvalue weighted by Gasteiger charge is 2.32. The molecular weight excluding hydrogens is 376 g/mol. The summed E-state index contributed by atoms with van der Waals surface area (Å²) in [5, 5.41) is 12.9. The van der Waals surface area contributed by atoms with Gasteiger partial charge < -0.3 is 9.80 Å². The first-order valence-electron chi connectivity index (χ1n) is 10.7. The molecule has 30 heavy (non-hydrogen) atoms. The van der Waals surface area contributed by atoms with E-state index < -0.39 is 0 Å². The number of anilines is 2. The number of aromatic nitrogens is 4. The number of piperidine rings is 1. The third-order valence-electron chi connectivity index (χ3n) is 6.09. The van der Waals surface area contributed by atoms with Crippen molar-refractivity contribution in [3.8, 4) is 5.82 Å². The molecule has 0 saturated carbocycles. The van der Waals surface area contributed by atoms with Crippen LogP contribution in [0.5, 0.6) is 0 Å². The van der Waals surface area contributed by atoms with E-state index in [0.29, 0.717) is 12.4 Å². The lowest BCUT2D eigenvalue weighted by Gasteiger charge is -2.37. The lowest BCUT2D eigenvalue weighted by molar-refractivity contribution is -0.122. The van der Waals surface area contributed by atoms with E-state index in [2.05, 4.69) is 45.3 Å². The van der Waals surface area contributed by atoms with E-state index in [1.807, 2.05) is 29.3 Å². The van der Waals surface area contributed by atoms with Crippen LogP contribution < -0.4 is 9.80 Å². The second-order valence-corrected chi connectivity index (χ2v) is 8.21. The molecule has 0 unspecified atom stereocenters. The van der Waals surface area contributed by atoms with Gasteiger partial charge in [-0.15, -0.1) is 10.2 Å². The third-order valence-corrected chi connectivity index (χ3v) is 6.09. The summed E-state index contributed by atoms with van der Waals surface area (Å²) in [7, 11) is 0. The average Bonchev–Trinajstić information content (AvgIpc) is 3.33. The summed E-state index contributed by atoms with van der Waals surface area (Å²) >= 11 is 0. The van der Waals surface area contributed by atoms with Gasteiger partial charge in [-0.3, -0.25) is 4.79 Å². The normalized spacial score (nSPS) is 18.9. The summed E-state index contributed by atoms with van der Waals surface area (Å²) in [4.78, 5) is 17.6. The highest BCUT2D eigenvalue weighted by molar-refractivity contribution is 5.96. The third kappa shape index (κ3) is 3.56. The summed E-state index contributed by atoms with van der Waals surface area (Å²) in [6, 6.07) is 12.2. The van der Waals surface area contributed by atoms with Gasteiger partial charge in [0.25, 0.3) is 0 Å². The van der Waals surface area contributed by atoms with Crippen LogP contribution in [0.3, 0.4) is 0 Å². The van der Waals surface area contributed by atoms with Crippen molar-refractivity contribution in [1.82, 2.24) is 20.0 Å². The molecule has 0 radical (unpaired) electrons. The molecule has 1 atom stereocenters. The fraction of sp³-hybridized carbons (Fsp3) is 0.391. The van der Waals surface area contributed by atoms with Gasteiger partial charge in [0, 0.05) is 37.7 Å². The van der Waals surface area contributed by atoms with E-state index in [4.69, 9.17) is 0 Å². The molecule has 1 aromatic carbocycles. The molecule has 2 aliphatic heterocycles. The van der Waals surface area contributed by atoms with Crippen LogP contribution in [0.4, 0.5) is 11.5 Å². The first-order chi connectivity index (χ1) is 14.7. The molecule has 7 nitrogen and oxygen atoms in total. The van der Waals surface area contributed by atoms with Crippen LogP contribution in [0.2, 0.25) is 0 Å². The number of fused-ring (bicyclic) bond motifs is 1. The molecule has 4 heterocycles. The van der Waals surface area contributed by atoms with Crippen LogP contribution in [0, 0.1) is 12.8 Å². The molecular formula is C23H26N6O. The van der Waals surface area contributed by atoms with Crippen molar-refractivity contribution >= 4 is 17.4 Å². The minimum absolute atomic E-state index is 0.0152. The van der Waals surface area contributed by atoms with Crippen molar-refractivity contribution in [2.45, 2.75) is 32.6 Å². The Balaban J connectivity index is 1.32. The van der Waals surface area contributed by atoms with Gasteiger partial charge in [0.15, 0.2) is 11.6 Å². The lowest BCUT2D eigenvalue weighted by atomic mass is 9.93. The molecule has 0 aliphatic carbocycles. The number of rotatable bonds is 3. The smallest absolute Gasteiger partial charge is 0.231 e. The molecule has 2 aromatic heterocycles. The molecule has 0 bridgehead atoms. The van der Waals surface area contributed by atoms with Gasteiger partial charge in [0.2, 0.25) is 5.91 Å². The summed E-state index contributed by atoms with van der Waals surface area (Å²) in [6.07, 6.45) is 7.54. The van der Waals surface area contributed by atoms with Gasteiger partial charge in [-0.25, -0.2) is 4.68 Å². The van der Waals surface area contributed by atoms with Gasteiger partial charge in [-0.05, 0) is 62.4 Å². The molecule has 5 rings (SSSR count). The Morgan fingerprint density at radius 1 is 1.07 bits per heavy atom. The lowest BCUT2D eigenvalue weighted by Crippen LogP contribution is -2.46. The van der Waals surface area contributed by atoms with Gasteiger partial charge in [-0.1, -0.05) is 17.7 Å². The van der Waals surface area contributed by atoms with Gasteiger partial charge >= 0.3 is 0 Å². The van der Waals surface area contributed by atoms with Crippen molar-refractivity contribution < 1.29 is 4.79 Å². The number of carbonyl (C=O) groups excluding carboxylic acids is 1. The first kappa shape index (κ1) is 18.8. The molecule has 154 valence electrons. The number of amides is 1. The van der Waals surface area contributed by atoms with Gasteiger partial charge in [0.05, 0.1) is 5.92 Å². The molecule has 0 spiro atoms. The van der Waals surface area contributed by atoms with Gasteiger partial charge in [-0.2, -0.15) is 5.10 Å². The fourth-order valence-corrected chi connectivity index (χ4v) is 4.58. The Morgan fingerprint density at radius 2 is 1.93 bits per heavy atom. The van der Waals surface area contributed by atoms with E-state index in [-0.39, 0.29) is 11.8 Å². The van der Waals surface area contributed by atoms with Crippen LogP contribution >= 0.6 is 0 Å². The molecule has 1 saturated heterocycles. The largest absolute Gasteiger partial charge is 0.354 e. The molecule has 1 fully saturated rings. The van der Waals surface area contributed by atoms with E-state index in [1.54, 1.807) is 10.9 Å². The predicted octanol–water partition coefficient (Wildman–Crippen LogP) is 3.17. The first-order valence-corrected chi connectivity index (χ1v) is 10.7. The highest BCUT2D eigenvalue weighted by atomic mass is 16.2. The Bertz CT molecular complexity index is 1030. The Morgan fingerprint density at radius 3 is 2.73 bits per heavy atom. The molecule has 2 aliphatic rings. The minimum atomic E-state index is -0.0152. The number of hydrogen-bond acceptors (Lipinski definition) is 5. The maximum absolute atomic E-state index is 13.4. The van der Waals surface area contributed by atoms with Crippen LogP contribution in [0.1, 0.15) is 30.4 Å². The van der Waals surface area contributed by atoms with Crippen molar-refractivity contribution in [3.63, 3.8) is 0 Å². The number of aryl methyl sites for hydroxylation is 2. The van der Waals surface area contributed by atoms with Crippen LogP contribution in [0.25, 0.3) is 5.82 Å². The quantitative estimate of drug-likeness (QED) is 0.673. The Kier molecular flexibility index (Phi) is 4.94. The second-order valence-electron chi connectivity index (χ2n) is 8.21. The topological polar surface area (TPSA) is 67.2 Å². The number of carbonyl (C=O) groups is 1. The maximum atomic E-state index is 13.4. The monoisotopic (exact) mass is 402 g/mol.